The Hall–Kier alpha value is -3.42. The van der Waals surface area contributed by atoms with Crippen LogP contribution >= 0.6 is 0 Å². The third kappa shape index (κ3) is 4.81. The van der Waals surface area contributed by atoms with Gasteiger partial charge in [0.05, 0.1) is 11.1 Å². The Bertz CT molecular complexity index is 938. The van der Waals surface area contributed by atoms with E-state index in [4.69, 9.17) is 0 Å². The number of alkyl halides is 3. The van der Waals surface area contributed by atoms with Gasteiger partial charge in [0.1, 0.15) is 11.6 Å². The maximum atomic E-state index is 13.1. The molecule has 27 heavy (non-hydrogen) atoms. The molecule has 138 valence electrons. The summed E-state index contributed by atoms with van der Waals surface area (Å²) in [4.78, 5) is 16.2. The smallest absolute Gasteiger partial charge is 0.340 e. The number of benzene rings is 2. The minimum absolute atomic E-state index is 0.247. The van der Waals surface area contributed by atoms with E-state index >= 15 is 0 Å². The van der Waals surface area contributed by atoms with Crippen LogP contribution in [0.15, 0.2) is 66.9 Å². The van der Waals surface area contributed by atoms with Crippen LogP contribution in [0.2, 0.25) is 0 Å². The summed E-state index contributed by atoms with van der Waals surface area (Å²) in [5, 5.41) is 5.39. The minimum atomic E-state index is -4.40. The average molecular weight is 375 g/mol. The number of carbonyl (C=O) groups is 1. The van der Waals surface area contributed by atoms with Crippen molar-refractivity contribution >= 4 is 23.1 Å². The first-order chi connectivity index (χ1) is 12.8. The zero-order chi connectivity index (χ0) is 19.4. The molecule has 0 unspecified atom stereocenters. The maximum absolute atomic E-state index is 13.1. The van der Waals surface area contributed by atoms with Gasteiger partial charge in [-0.2, -0.15) is 13.2 Å². The van der Waals surface area contributed by atoms with Crippen molar-refractivity contribution < 1.29 is 22.4 Å². The minimum Gasteiger partial charge on any atom is -0.340 e. The summed E-state index contributed by atoms with van der Waals surface area (Å²) in [5.41, 5.74) is 0.238. The molecular weight excluding hydrogens is 362 g/mol. The normalized spacial score (nSPS) is 11.1. The number of nitrogens with zero attached hydrogens (tertiary/aromatic N) is 1. The SMILES string of the molecule is O=C(Nc1cccc(F)c1)c1ccc(Nc2ccc(C(F)(F)F)cc2)nc1. The van der Waals surface area contributed by atoms with Crippen molar-refractivity contribution in [2.75, 3.05) is 10.6 Å². The third-order valence-electron chi connectivity index (χ3n) is 3.59. The number of hydrogen-bond acceptors (Lipinski definition) is 3. The molecule has 1 aromatic heterocycles. The standard InChI is InChI=1S/C19H13F4N3O/c20-14-2-1-3-16(10-14)26-18(27)12-4-9-17(24-11-12)25-15-7-5-13(6-8-15)19(21,22)23/h1-11H,(H,24,25)(H,26,27). The highest BCUT2D eigenvalue weighted by Crippen LogP contribution is 2.30. The molecule has 0 bridgehead atoms. The summed E-state index contributed by atoms with van der Waals surface area (Å²) in [7, 11) is 0. The van der Waals surface area contributed by atoms with Crippen LogP contribution in [0.5, 0.6) is 0 Å². The second-order valence-corrected chi connectivity index (χ2v) is 5.60. The molecule has 0 spiro atoms. The van der Waals surface area contributed by atoms with Crippen LogP contribution in [-0.4, -0.2) is 10.9 Å². The number of hydrogen-bond donors (Lipinski definition) is 2. The largest absolute Gasteiger partial charge is 0.416 e. The lowest BCUT2D eigenvalue weighted by Crippen LogP contribution is -2.12. The monoisotopic (exact) mass is 375 g/mol. The predicted molar refractivity (Wildman–Crippen MR) is 93.3 cm³/mol. The zero-order valence-electron chi connectivity index (χ0n) is 13.7. The topological polar surface area (TPSA) is 54.0 Å². The molecular formula is C19H13F4N3O. The van der Waals surface area contributed by atoms with Gasteiger partial charge in [-0.25, -0.2) is 9.37 Å². The van der Waals surface area contributed by atoms with E-state index in [1.54, 1.807) is 6.07 Å². The van der Waals surface area contributed by atoms with E-state index in [2.05, 4.69) is 15.6 Å². The van der Waals surface area contributed by atoms with E-state index in [1.165, 1.54) is 48.7 Å². The fourth-order valence-corrected chi connectivity index (χ4v) is 2.26. The summed E-state index contributed by atoms with van der Waals surface area (Å²) < 4.78 is 50.8. The Morgan fingerprint density at radius 1 is 0.926 bits per heavy atom. The fourth-order valence-electron chi connectivity index (χ4n) is 2.26. The van der Waals surface area contributed by atoms with E-state index in [9.17, 15) is 22.4 Å². The van der Waals surface area contributed by atoms with E-state index in [0.717, 1.165) is 12.1 Å². The summed E-state index contributed by atoms with van der Waals surface area (Å²) in [5.74, 6) is -0.576. The summed E-state index contributed by atoms with van der Waals surface area (Å²) in [6.07, 6.45) is -3.09. The Morgan fingerprint density at radius 3 is 2.26 bits per heavy atom. The molecule has 0 aliphatic heterocycles. The highest BCUT2D eigenvalue weighted by atomic mass is 19.4. The summed E-state index contributed by atoms with van der Waals surface area (Å²) in [6.45, 7) is 0. The van der Waals surface area contributed by atoms with Crippen molar-refractivity contribution in [1.29, 1.82) is 0 Å². The highest BCUT2D eigenvalue weighted by Gasteiger charge is 2.29. The average Bonchev–Trinajstić information content (AvgIpc) is 2.62. The van der Waals surface area contributed by atoms with Crippen LogP contribution in [0.1, 0.15) is 15.9 Å². The van der Waals surface area contributed by atoms with Crippen molar-refractivity contribution in [1.82, 2.24) is 4.98 Å². The molecule has 1 amide bonds. The summed E-state index contributed by atoms with van der Waals surface area (Å²) >= 11 is 0. The van der Waals surface area contributed by atoms with Gasteiger partial charge in [-0.1, -0.05) is 6.07 Å². The zero-order valence-corrected chi connectivity index (χ0v) is 13.7. The van der Waals surface area contributed by atoms with Crippen molar-refractivity contribution in [2.45, 2.75) is 6.18 Å². The molecule has 1 heterocycles. The summed E-state index contributed by atoms with van der Waals surface area (Å²) in [6, 6.07) is 13.0. The van der Waals surface area contributed by atoms with E-state index in [0.29, 0.717) is 17.2 Å². The Balaban J connectivity index is 1.65. The first kappa shape index (κ1) is 18.4. The number of anilines is 3. The number of amides is 1. The van der Waals surface area contributed by atoms with Crippen molar-refractivity contribution in [3.63, 3.8) is 0 Å². The Kier molecular flexibility index (Phi) is 5.07. The quantitative estimate of drug-likeness (QED) is 0.614. The van der Waals surface area contributed by atoms with E-state index in [1.807, 2.05) is 0 Å². The highest BCUT2D eigenvalue weighted by molar-refractivity contribution is 6.04. The van der Waals surface area contributed by atoms with Gasteiger partial charge in [0, 0.05) is 17.6 Å². The van der Waals surface area contributed by atoms with Crippen LogP contribution in [-0.2, 0) is 6.18 Å². The lowest BCUT2D eigenvalue weighted by atomic mass is 10.2. The van der Waals surface area contributed by atoms with Gasteiger partial charge in [0.15, 0.2) is 0 Å². The van der Waals surface area contributed by atoms with Gasteiger partial charge in [-0.3, -0.25) is 4.79 Å². The van der Waals surface area contributed by atoms with Gasteiger partial charge < -0.3 is 10.6 Å². The van der Waals surface area contributed by atoms with Gasteiger partial charge >= 0.3 is 6.18 Å². The van der Waals surface area contributed by atoms with Crippen molar-refractivity contribution in [3.8, 4) is 0 Å². The number of nitrogens with one attached hydrogen (secondary N) is 2. The molecule has 0 aliphatic carbocycles. The first-order valence-electron chi connectivity index (χ1n) is 7.78. The van der Waals surface area contributed by atoms with Crippen LogP contribution in [0.3, 0.4) is 0 Å². The third-order valence-corrected chi connectivity index (χ3v) is 3.59. The second-order valence-electron chi connectivity index (χ2n) is 5.60. The van der Waals surface area contributed by atoms with Crippen molar-refractivity contribution in [2.24, 2.45) is 0 Å². The van der Waals surface area contributed by atoms with Crippen LogP contribution < -0.4 is 10.6 Å². The van der Waals surface area contributed by atoms with Gasteiger partial charge in [-0.15, -0.1) is 0 Å². The van der Waals surface area contributed by atoms with Gasteiger partial charge in [-0.05, 0) is 54.6 Å². The van der Waals surface area contributed by atoms with E-state index in [-0.39, 0.29) is 5.56 Å². The maximum Gasteiger partial charge on any atom is 0.416 e. The molecule has 0 atom stereocenters. The van der Waals surface area contributed by atoms with Crippen molar-refractivity contribution in [3.05, 3.63) is 83.8 Å². The first-order valence-corrected chi connectivity index (χ1v) is 7.78. The molecule has 3 rings (SSSR count). The molecule has 0 saturated heterocycles. The Morgan fingerprint density at radius 2 is 1.67 bits per heavy atom. The number of aromatic nitrogens is 1. The molecule has 0 radical (unpaired) electrons. The lowest BCUT2D eigenvalue weighted by Gasteiger charge is -2.09. The number of pyridine rings is 1. The lowest BCUT2D eigenvalue weighted by molar-refractivity contribution is -0.137. The predicted octanol–water partition coefficient (Wildman–Crippen LogP) is 5.24. The molecule has 3 aromatic rings. The van der Waals surface area contributed by atoms with Crippen LogP contribution in [0.25, 0.3) is 0 Å². The van der Waals surface area contributed by atoms with Crippen LogP contribution in [0.4, 0.5) is 34.8 Å². The number of rotatable bonds is 4. The number of halogens is 4. The van der Waals surface area contributed by atoms with Gasteiger partial charge in [0.25, 0.3) is 5.91 Å². The second kappa shape index (κ2) is 7.45. The molecule has 4 nitrogen and oxygen atoms in total. The molecule has 2 N–H and O–H groups in total. The molecule has 8 heteroatoms. The molecule has 0 saturated carbocycles. The van der Waals surface area contributed by atoms with Crippen LogP contribution in [0, 0.1) is 5.82 Å². The number of carbonyl (C=O) groups excluding carboxylic acids is 1. The molecule has 2 aromatic carbocycles. The fraction of sp³-hybridized carbons (Fsp3) is 0.0526. The molecule has 0 aliphatic rings. The molecule has 0 fully saturated rings. The van der Waals surface area contributed by atoms with Gasteiger partial charge in [0.2, 0.25) is 0 Å². The van der Waals surface area contributed by atoms with E-state index < -0.39 is 23.5 Å². The Labute approximate surface area is 151 Å².